The first-order valence-corrected chi connectivity index (χ1v) is 7.48. The molecule has 0 aliphatic heterocycles. The first-order chi connectivity index (χ1) is 8.19. The summed E-state index contributed by atoms with van der Waals surface area (Å²) in [5.41, 5.74) is 0. The maximum atomic E-state index is 9.94. The van der Waals surface area contributed by atoms with Crippen LogP contribution in [0.3, 0.4) is 0 Å². The lowest BCUT2D eigenvalue weighted by atomic mass is 10.2. The van der Waals surface area contributed by atoms with Crippen molar-refractivity contribution in [3.05, 3.63) is 21.9 Å². The molecule has 2 rings (SSSR count). The van der Waals surface area contributed by atoms with Gasteiger partial charge in [-0.25, -0.2) is 0 Å². The second-order valence-electron chi connectivity index (χ2n) is 5.12. The first kappa shape index (κ1) is 13.1. The molecule has 0 bridgehead atoms. The molecule has 1 aliphatic rings. The van der Waals surface area contributed by atoms with Crippen LogP contribution in [0.5, 0.6) is 0 Å². The quantitative estimate of drug-likeness (QED) is 0.807. The van der Waals surface area contributed by atoms with E-state index in [9.17, 15) is 5.11 Å². The molecular weight excluding hydrogens is 230 g/mol. The molecular formula is C14H23NOS. The van der Waals surface area contributed by atoms with Crippen LogP contribution in [0.15, 0.2) is 12.1 Å². The van der Waals surface area contributed by atoms with Crippen molar-refractivity contribution in [1.29, 1.82) is 0 Å². The summed E-state index contributed by atoms with van der Waals surface area (Å²) < 4.78 is 0. The first-order valence-electron chi connectivity index (χ1n) is 6.66. The van der Waals surface area contributed by atoms with E-state index >= 15 is 0 Å². The number of aryl methyl sites for hydroxylation is 1. The van der Waals surface area contributed by atoms with Crippen LogP contribution in [0.4, 0.5) is 0 Å². The summed E-state index contributed by atoms with van der Waals surface area (Å²) >= 11 is 1.88. The summed E-state index contributed by atoms with van der Waals surface area (Å²) in [4.78, 5) is 5.27. The highest BCUT2D eigenvalue weighted by Crippen LogP contribution is 2.30. The molecule has 1 fully saturated rings. The summed E-state index contributed by atoms with van der Waals surface area (Å²) in [5.74, 6) is 0. The number of thiophene rings is 1. The van der Waals surface area contributed by atoms with Gasteiger partial charge in [0.05, 0.1) is 6.10 Å². The zero-order valence-electron chi connectivity index (χ0n) is 10.9. The van der Waals surface area contributed by atoms with Crippen molar-refractivity contribution in [3.63, 3.8) is 0 Å². The van der Waals surface area contributed by atoms with Gasteiger partial charge in [0, 0.05) is 28.9 Å². The number of aliphatic hydroxyl groups is 1. The molecule has 1 heterocycles. The van der Waals surface area contributed by atoms with Crippen LogP contribution in [-0.2, 0) is 6.54 Å². The lowest BCUT2D eigenvalue weighted by Gasteiger charge is -2.24. The van der Waals surface area contributed by atoms with E-state index in [2.05, 4.69) is 30.9 Å². The van der Waals surface area contributed by atoms with Crippen molar-refractivity contribution in [2.75, 3.05) is 6.54 Å². The summed E-state index contributed by atoms with van der Waals surface area (Å²) in [6, 6.07) is 5.14. The van der Waals surface area contributed by atoms with Crippen LogP contribution in [0, 0.1) is 6.92 Å². The topological polar surface area (TPSA) is 23.5 Å². The lowest BCUT2D eigenvalue weighted by molar-refractivity contribution is 0.0972. The molecule has 1 atom stereocenters. The fraction of sp³-hybridized carbons (Fsp3) is 0.714. The molecule has 0 aromatic carbocycles. The summed E-state index contributed by atoms with van der Waals surface area (Å²) in [6.45, 7) is 6.15. The van der Waals surface area contributed by atoms with Gasteiger partial charge >= 0.3 is 0 Å². The number of hydrogen-bond donors (Lipinski definition) is 1. The fourth-order valence-corrected chi connectivity index (χ4v) is 3.16. The second-order valence-corrected chi connectivity index (χ2v) is 6.49. The van der Waals surface area contributed by atoms with E-state index in [-0.39, 0.29) is 6.10 Å². The Morgan fingerprint density at radius 1 is 1.47 bits per heavy atom. The third kappa shape index (κ3) is 4.09. The minimum atomic E-state index is -0.151. The van der Waals surface area contributed by atoms with Crippen LogP contribution >= 0.6 is 11.3 Å². The van der Waals surface area contributed by atoms with Crippen molar-refractivity contribution in [2.45, 2.75) is 58.2 Å². The van der Waals surface area contributed by atoms with E-state index < -0.39 is 0 Å². The molecule has 0 saturated heterocycles. The van der Waals surface area contributed by atoms with Crippen molar-refractivity contribution < 1.29 is 5.11 Å². The Morgan fingerprint density at radius 3 is 2.76 bits per heavy atom. The number of rotatable bonds is 7. The van der Waals surface area contributed by atoms with Gasteiger partial charge in [0.25, 0.3) is 0 Å². The minimum Gasteiger partial charge on any atom is -0.392 e. The smallest absolute Gasteiger partial charge is 0.0667 e. The fourth-order valence-electron chi connectivity index (χ4n) is 2.25. The Bertz CT molecular complexity index is 346. The predicted molar refractivity (Wildman–Crippen MR) is 73.4 cm³/mol. The highest BCUT2D eigenvalue weighted by atomic mass is 32.1. The molecule has 2 nitrogen and oxygen atoms in total. The highest BCUT2D eigenvalue weighted by Gasteiger charge is 2.30. The normalized spacial score (nSPS) is 17.6. The van der Waals surface area contributed by atoms with Crippen molar-refractivity contribution in [1.82, 2.24) is 4.90 Å². The Kier molecular flexibility index (Phi) is 4.60. The number of nitrogens with zero attached hydrogens (tertiary/aromatic N) is 1. The van der Waals surface area contributed by atoms with E-state index in [1.807, 2.05) is 11.3 Å². The molecule has 3 heteroatoms. The molecule has 17 heavy (non-hydrogen) atoms. The minimum absolute atomic E-state index is 0.151. The Balaban J connectivity index is 1.88. The molecule has 0 spiro atoms. The molecule has 96 valence electrons. The van der Waals surface area contributed by atoms with Gasteiger partial charge in [-0.1, -0.05) is 13.3 Å². The van der Waals surface area contributed by atoms with E-state index in [1.165, 1.54) is 22.6 Å². The van der Waals surface area contributed by atoms with Crippen LogP contribution in [0.25, 0.3) is 0 Å². The summed E-state index contributed by atoms with van der Waals surface area (Å²) in [5, 5.41) is 9.94. The molecule has 1 unspecified atom stereocenters. The highest BCUT2D eigenvalue weighted by molar-refractivity contribution is 7.11. The van der Waals surface area contributed by atoms with Gasteiger partial charge in [-0.2, -0.15) is 0 Å². The average molecular weight is 253 g/mol. The second kappa shape index (κ2) is 5.98. The number of aliphatic hydroxyl groups excluding tert-OH is 1. The maximum Gasteiger partial charge on any atom is 0.0667 e. The maximum absolute atomic E-state index is 9.94. The van der Waals surface area contributed by atoms with Crippen molar-refractivity contribution in [2.24, 2.45) is 0 Å². The predicted octanol–water partition coefficient (Wildman–Crippen LogP) is 3.18. The van der Waals surface area contributed by atoms with E-state index in [0.29, 0.717) is 0 Å². The van der Waals surface area contributed by atoms with Gasteiger partial charge in [-0.05, 0) is 38.3 Å². The van der Waals surface area contributed by atoms with Gasteiger partial charge in [0.2, 0.25) is 0 Å². The SMILES string of the molecule is CCCC(O)CN(Cc1ccc(C)s1)C1CC1. The third-order valence-corrected chi connectivity index (χ3v) is 4.27. The molecule has 0 amide bonds. The van der Waals surface area contributed by atoms with Gasteiger partial charge in [-0.15, -0.1) is 11.3 Å². The molecule has 1 saturated carbocycles. The number of hydrogen-bond acceptors (Lipinski definition) is 3. The van der Waals surface area contributed by atoms with Crippen LogP contribution in [0.1, 0.15) is 42.4 Å². The zero-order valence-corrected chi connectivity index (χ0v) is 11.7. The van der Waals surface area contributed by atoms with Crippen molar-refractivity contribution in [3.8, 4) is 0 Å². The molecule has 1 aromatic rings. The summed E-state index contributed by atoms with van der Waals surface area (Å²) in [7, 11) is 0. The molecule has 1 aromatic heterocycles. The zero-order chi connectivity index (χ0) is 12.3. The Labute approximate surface area is 108 Å². The van der Waals surface area contributed by atoms with Crippen LogP contribution < -0.4 is 0 Å². The largest absolute Gasteiger partial charge is 0.392 e. The van der Waals surface area contributed by atoms with E-state index in [4.69, 9.17) is 0 Å². The average Bonchev–Trinajstić information content (AvgIpc) is 3.03. The van der Waals surface area contributed by atoms with Gasteiger partial charge < -0.3 is 5.11 Å². The standard InChI is InChI=1S/C14H23NOS/c1-3-4-13(16)9-15(12-6-7-12)10-14-8-5-11(2)17-14/h5,8,12-13,16H,3-4,6-7,9-10H2,1-2H3. The van der Waals surface area contributed by atoms with Gasteiger partial charge in [0.15, 0.2) is 0 Å². The monoisotopic (exact) mass is 253 g/mol. The Morgan fingerprint density at radius 2 is 2.24 bits per heavy atom. The summed E-state index contributed by atoms with van der Waals surface area (Å²) in [6.07, 6.45) is 4.46. The van der Waals surface area contributed by atoms with Crippen molar-refractivity contribution >= 4 is 11.3 Å². The van der Waals surface area contributed by atoms with Crippen LogP contribution in [0.2, 0.25) is 0 Å². The third-order valence-electron chi connectivity index (χ3n) is 3.29. The van der Waals surface area contributed by atoms with Gasteiger partial charge in [-0.3, -0.25) is 4.90 Å². The lowest BCUT2D eigenvalue weighted by Crippen LogP contribution is -2.33. The van der Waals surface area contributed by atoms with E-state index in [1.54, 1.807) is 0 Å². The van der Waals surface area contributed by atoms with E-state index in [0.717, 1.165) is 32.0 Å². The molecule has 1 aliphatic carbocycles. The molecule has 0 radical (unpaired) electrons. The molecule has 1 N–H and O–H groups in total. The Hall–Kier alpha value is -0.380. The van der Waals surface area contributed by atoms with Gasteiger partial charge in [0.1, 0.15) is 0 Å². The van der Waals surface area contributed by atoms with Crippen LogP contribution in [-0.4, -0.2) is 28.7 Å².